The minimum Gasteiger partial charge on any atom is -0.507 e. The molecule has 0 unspecified atom stereocenters. The zero-order valence-corrected chi connectivity index (χ0v) is 13.3. The minimum atomic E-state index is -0.558. The van der Waals surface area contributed by atoms with Crippen molar-refractivity contribution in [1.82, 2.24) is 9.55 Å². The standard InChI is InChI=1S/C17H11FN2O3S/c1-23-9-2-3-12(11(18)8-9)20-7-5-10-14-13(21)4-6-19-16(14)24-15(10)17(20)22/h2-8H,1H3,(H,19,21). The molecule has 0 aliphatic heterocycles. The Labute approximate surface area is 139 Å². The second-order valence-corrected chi connectivity index (χ2v) is 6.16. The lowest BCUT2D eigenvalue weighted by molar-refractivity contribution is 0.411. The van der Waals surface area contributed by atoms with Crippen LogP contribution in [0.15, 0.2) is 47.5 Å². The van der Waals surface area contributed by atoms with Crippen LogP contribution in [0.1, 0.15) is 0 Å². The molecule has 7 heteroatoms. The van der Waals surface area contributed by atoms with Crippen LogP contribution in [0.4, 0.5) is 4.39 Å². The Balaban J connectivity index is 2.02. The fourth-order valence-corrected chi connectivity index (χ4v) is 3.76. The monoisotopic (exact) mass is 342 g/mol. The lowest BCUT2D eigenvalue weighted by Crippen LogP contribution is -2.17. The Bertz CT molecular complexity index is 1150. The zero-order chi connectivity index (χ0) is 16.8. The van der Waals surface area contributed by atoms with Gasteiger partial charge in [-0.2, -0.15) is 0 Å². The summed E-state index contributed by atoms with van der Waals surface area (Å²) in [5.41, 5.74) is -0.226. The van der Waals surface area contributed by atoms with Crippen LogP contribution >= 0.6 is 11.3 Å². The van der Waals surface area contributed by atoms with Crippen molar-refractivity contribution in [2.24, 2.45) is 0 Å². The fraction of sp³-hybridized carbons (Fsp3) is 0.0588. The van der Waals surface area contributed by atoms with Crippen LogP contribution in [0, 0.1) is 5.82 Å². The number of aromatic hydroxyl groups is 1. The molecule has 0 aliphatic rings. The van der Waals surface area contributed by atoms with Gasteiger partial charge in [-0.3, -0.25) is 9.36 Å². The number of rotatable bonds is 2. The normalized spacial score (nSPS) is 11.2. The third-order valence-electron chi connectivity index (χ3n) is 3.82. The molecule has 4 aromatic rings. The number of halogens is 1. The molecule has 24 heavy (non-hydrogen) atoms. The van der Waals surface area contributed by atoms with E-state index < -0.39 is 5.82 Å². The molecule has 120 valence electrons. The molecule has 0 amide bonds. The summed E-state index contributed by atoms with van der Waals surface area (Å²) in [7, 11) is 1.45. The predicted molar refractivity (Wildman–Crippen MR) is 90.9 cm³/mol. The summed E-state index contributed by atoms with van der Waals surface area (Å²) in [6.07, 6.45) is 2.98. The maximum atomic E-state index is 14.3. The van der Waals surface area contributed by atoms with Gasteiger partial charge in [-0.25, -0.2) is 9.37 Å². The number of hydrogen-bond acceptors (Lipinski definition) is 5. The Morgan fingerprint density at radius 3 is 2.88 bits per heavy atom. The van der Waals surface area contributed by atoms with Gasteiger partial charge in [-0.05, 0) is 24.3 Å². The average Bonchev–Trinajstić information content (AvgIpc) is 2.96. The first-order chi connectivity index (χ1) is 11.6. The number of aromatic nitrogens is 2. The SMILES string of the molecule is COc1ccc(-n2ccc3c(sc4nccc(O)c43)c2=O)c(F)c1. The summed E-state index contributed by atoms with van der Waals surface area (Å²) in [4.78, 5) is 17.5. The molecule has 1 N–H and O–H groups in total. The van der Waals surface area contributed by atoms with E-state index in [0.717, 1.165) is 0 Å². The molecule has 0 saturated carbocycles. The van der Waals surface area contributed by atoms with Gasteiger partial charge in [-0.1, -0.05) is 0 Å². The number of nitrogens with zero attached hydrogens (tertiary/aromatic N) is 2. The molecule has 0 aliphatic carbocycles. The maximum Gasteiger partial charge on any atom is 0.273 e. The molecular formula is C17H11FN2O3S. The van der Waals surface area contributed by atoms with E-state index in [1.54, 1.807) is 12.1 Å². The molecule has 3 aromatic heterocycles. The largest absolute Gasteiger partial charge is 0.507 e. The molecule has 0 fully saturated rings. The first kappa shape index (κ1) is 14.6. The van der Waals surface area contributed by atoms with E-state index in [0.29, 0.717) is 26.1 Å². The number of hydrogen-bond donors (Lipinski definition) is 1. The maximum absolute atomic E-state index is 14.3. The van der Waals surface area contributed by atoms with Crippen molar-refractivity contribution in [2.75, 3.05) is 7.11 Å². The number of fused-ring (bicyclic) bond motifs is 3. The van der Waals surface area contributed by atoms with Gasteiger partial charge in [0, 0.05) is 23.8 Å². The Morgan fingerprint density at radius 1 is 1.29 bits per heavy atom. The third kappa shape index (κ3) is 2.05. The van der Waals surface area contributed by atoms with Crippen molar-refractivity contribution in [3.63, 3.8) is 0 Å². The highest BCUT2D eigenvalue weighted by Gasteiger charge is 2.16. The number of ether oxygens (including phenoxy) is 1. The summed E-state index contributed by atoms with van der Waals surface area (Å²) in [5.74, 6) is -0.113. The molecule has 4 rings (SSSR count). The zero-order valence-electron chi connectivity index (χ0n) is 12.5. The van der Waals surface area contributed by atoms with Gasteiger partial charge in [-0.15, -0.1) is 11.3 Å². The molecule has 0 bridgehead atoms. The molecule has 1 aromatic carbocycles. The van der Waals surface area contributed by atoms with Crippen molar-refractivity contribution < 1.29 is 14.2 Å². The van der Waals surface area contributed by atoms with Crippen molar-refractivity contribution in [3.05, 3.63) is 58.9 Å². The summed E-state index contributed by atoms with van der Waals surface area (Å²) < 4.78 is 20.9. The lowest BCUT2D eigenvalue weighted by Gasteiger charge is -2.08. The predicted octanol–water partition coefficient (Wildman–Crippen LogP) is 3.45. The number of methoxy groups -OCH3 is 1. The highest BCUT2D eigenvalue weighted by Crippen LogP contribution is 2.35. The highest BCUT2D eigenvalue weighted by molar-refractivity contribution is 7.25. The van der Waals surface area contributed by atoms with Crippen LogP contribution < -0.4 is 10.3 Å². The van der Waals surface area contributed by atoms with Gasteiger partial charge in [0.2, 0.25) is 0 Å². The average molecular weight is 342 g/mol. The fourth-order valence-electron chi connectivity index (χ4n) is 2.67. The topological polar surface area (TPSA) is 64.3 Å². The van der Waals surface area contributed by atoms with Crippen LogP contribution in [0.25, 0.3) is 26.0 Å². The van der Waals surface area contributed by atoms with E-state index in [9.17, 15) is 14.3 Å². The van der Waals surface area contributed by atoms with Crippen molar-refractivity contribution in [1.29, 1.82) is 0 Å². The van der Waals surface area contributed by atoms with Crippen LogP contribution in [-0.4, -0.2) is 21.8 Å². The van der Waals surface area contributed by atoms with E-state index in [2.05, 4.69) is 4.98 Å². The first-order valence-electron chi connectivity index (χ1n) is 7.06. The molecule has 0 spiro atoms. The van der Waals surface area contributed by atoms with Crippen LogP contribution in [0.2, 0.25) is 0 Å². The van der Waals surface area contributed by atoms with Gasteiger partial charge in [0.1, 0.15) is 21.0 Å². The molecular weight excluding hydrogens is 331 g/mol. The summed E-state index contributed by atoms with van der Waals surface area (Å²) in [6, 6.07) is 7.46. The Hall–Kier alpha value is -2.93. The van der Waals surface area contributed by atoms with Crippen LogP contribution in [0.5, 0.6) is 11.5 Å². The second-order valence-electron chi connectivity index (χ2n) is 5.16. The third-order valence-corrected chi connectivity index (χ3v) is 4.93. The van der Waals surface area contributed by atoms with Crippen molar-refractivity contribution in [2.45, 2.75) is 0 Å². The number of thiophene rings is 1. The molecule has 0 radical (unpaired) electrons. The van der Waals surface area contributed by atoms with Gasteiger partial charge >= 0.3 is 0 Å². The van der Waals surface area contributed by atoms with Crippen molar-refractivity contribution >= 4 is 31.6 Å². The quantitative estimate of drug-likeness (QED) is 0.606. The molecule has 3 heterocycles. The molecule has 0 atom stereocenters. The van der Waals surface area contributed by atoms with Crippen LogP contribution in [0.3, 0.4) is 0 Å². The Morgan fingerprint density at radius 2 is 2.12 bits per heavy atom. The number of benzene rings is 1. The first-order valence-corrected chi connectivity index (χ1v) is 7.87. The lowest BCUT2D eigenvalue weighted by atomic mass is 10.2. The van der Waals surface area contributed by atoms with Crippen LogP contribution in [-0.2, 0) is 0 Å². The van der Waals surface area contributed by atoms with E-state index in [-0.39, 0.29) is 17.0 Å². The summed E-state index contributed by atoms with van der Waals surface area (Å²) in [5, 5.41) is 11.2. The molecule has 0 saturated heterocycles. The van der Waals surface area contributed by atoms with E-state index in [4.69, 9.17) is 4.74 Å². The van der Waals surface area contributed by atoms with E-state index in [1.165, 1.54) is 53.6 Å². The number of pyridine rings is 2. The highest BCUT2D eigenvalue weighted by atomic mass is 32.1. The van der Waals surface area contributed by atoms with Gasteiger partial charge in [0.05, 0.1) is 18.2 Å². The Kier molecular flexibility index (Phi) is 3.24. The summed E-state index contributed by atoms with van der Waals surface area (Å²) in [6.45, 7) is 0. The smallest absolute Gasteiger partial charge is 0.273 e. The molecule has 5 nitrogen and oxygen atoms in total. The minimum absolute atomic E-state index is 0.0685. The second kappa shape index (κ2) is 5.31. The van der Waals surface area contributed by atoms with Gasteiger partial charge < -0.3 is 9.84 Å². The van der Waals surface area contributed by atoms with Gasteiger partial charge in [0.15, 0.2) is 5.82 Å². The van der Waals surface area contributed by atoms with Crippen molar-refractivity contribution in [3.8, 4) is 17.2 Å². The summed E-state index contributed by atoms with van der Waals surface area (Å²) >= 11 is 1.17. The van der Waals surface area contributed by atoms with E-state index in [1.807, 2.05) is 0 Å². The van der Waals surface area contributed by atoms with E-state index >= 15 is 0 Å². The van der Waals surface area contributed by atoms with Gasteiger partial charge in [0.25, 0.3) is 5.56 Å².